The quantitative estimate of drug-likeness (QED) is 0.449. The molecule has 1 N–H and O–H groups in total. The van der Waals surface area contributed by atoms with E-state index in [1.165, 1.54) is 12.1 Å². The summed E-state index contributed by atoms with van der Waals surface area (Å²) >= 11 is 18.1. The molecule has 0 aromatic heterocycles. The zero-order valence-electron chi connectivity index (χ0n) is 16.5. The van der Waals surface area contributed by atoms with Crippen LogP contribution in [-0.4, -0.2) is 25.2 Å². The SMILES string of the molecule is Cc1ccc(S(=O)(=O)N(CC(=O)Nc2ccccc2Cl)Cc2ccc(Cl)c(Cl)c2)cc1. The van der Waals surface area contributed by atoms with Gasteiger partial charge >= 0.3 is 0 Å². The summed E-state index contributed by atoms with van der Waals surface area (Å²) in [5.41, 5.74) is 1.92. The summed E-state index contributed by atoms with van der Waals surface area (Å²) in [5.74, 6) is -0.524. The predicted octanol–water partition coefficient (Wildman–Crippen LogP) is 5.78. The maximum atomic E-state index is 13.3. The highest BCUT2D eigenvalue weighted by Gasteiger charge is 2.27. The summed E-state index contributed by atoms with van der Waals surface area (Å²) in [6.07, 6.45) is 0. The Balaban J connectivity index is 1.91. The van der Waals surface area contributed by atoms with Crippen LogP contribution in [0.25, 0.3) is 0 Å². The van der Waals surface area contributed by atoms with Gasteiger partial charge in [0.2, 0.25) is 15.9 Å². The summed E-state index contributed by atoms with van der Waals surface area (Å²) in [6.45, 7) is 1.38. The summed E-state index contributed by atoms with van der Waals surface area (Å²) in [7, 11) is -3.97. The number of hydrogen-bond acceptors (Lipinski definition) is 3. The fourth-order valence-electron chi connectivity index (χ4n) is 2.84. The van der Waals surface area contributed by atoms with Crippen molar-refractivity contribution in [3.63, 3.8) is 0 Å². The number of nitrogens with zero attached hydrogens (tertiary/aromatic N) is 1. The lowest BCUT2D eigenvalue weighted by molar-refractivity contribution is -0.116. The molecule has 1 amide bonds. The van der Waals surface area contributed by atoms with E-state index in [1.807, 2.05) is 6.92 Å². The van der Waals surface area contributed by atoms with Gasteiger partial charge in [0, 0.05) is 6.54 Å². The van der Waals surface area contributed by atoms with Crippen LogP contribution in [0.4, 0.5) is 5.69 Å². The van der Waals surface area contributed by atoms with Crippen molar-refractivity contribution in [2.45, 2.75) is 18.4 Å². The number of carbonyl (C=O) groups is 1. The number of halogens is 3. The molecule has 0 aliphatic rings. The largest absolute Gasteiger partial charge is 0.324 e. The lowest BCUT2D eigenvalue weighted by Gasteiger charge is -2.22. The Hall–Kier alpha value is -2.09. The molecule has 3 rings (SSSR count). The minimum Gasteiger partial charge on any atom is -0.324 e. The average Bonchev–Trinajstić information content (AvgIpc) is 2.72. The monoisotopic (exact) mass is 496 g/mol. The molecule has 5 nitrogen and oxygen atoms in total. The number of benzene rings is 3. The molecule has 0 spiro atoms. The molecule has 9 heteroatoms. The molecule has 3 aromatic rings. The number of sulfonamides is 1. The van der Waals surface area contributed by atoms with E-state index >= 15 is 0 Å². The highest BCUT2D eigenvalue weighted by Crippen LogP contribution is 2.26. The minimum absolute atomic E-state index is 0.0664. The fourth-order valence-corrected chi connectivity index (χ4v) is 4.73. The van der Waals surface area contributed by atoms with Crippen molar-refractivity contribution >= 4 is 56.4 Å². The standard InChI is InChI=1S/C22H19Cl3N2O3S/c1-15-6-9-17(10-7-15)31(29,30)27(13-16-8-11-18(23)20(25)12-16)14-22(28)26-21-5-3-2-4-19(21)24/h2-12H,13-14H2,1H3,(H,26,28). The van der Waals surface area contributed by atoms with E-state index in [2.05, 4.69) is 5.32 Å². The first-order chi connectivity index (χ1) is 14.7. The van der Waals surface area contributed by atoms with Crippen molar-refractivity contribution in [3.8, 4) is 0 Å². The van der Waals surface area contributed by atoms with E-state index < -0.39 is 22.5 Å². The highest BCUT2D eigenvalue weighted by atomic mass is 35.5. The Bertz CT molecular complexity index is 1200. The minimum atomic E-state index is -3.97. The first kappa shape index (κ1) is 23.6. The molecule has 0 heterocycles. The van der Waals surface area contributed by atoms with Gasteiger partial charge in [0.1, 0.15) is 0 Å². The van der Waals surface area contributed by atoms with Gasteiger partial charge in [0.25, 0.3) is 0 Å². The number of anilines is 1. The number of hydrogen-bond donors (Lipinski definition) is 1. The predicted molar refractivity (Wildman–Crippen MR) is 125 cm³/mol. The Morgan fingerprint density at radius 1 is 0.903 bits per heavy atom. The zero-order chi connectivity index (χ0) is 22.6. The molecule has 0 unspecified atom stereocenters. The molecule has 0 aliphatic carbocycles. The summed E-state index contributed by atoms with van der Waals surface area (Å²) < 4.78 is 27.7. The first-order valence-corrected chi connectivity index (χ1v) is 11.8. The number of carbonyl (C=O) groups excluding carboxylic acids is 1. The topological polar surface area (TPSA) is 66.5 Å². The summed E-state index contributed by atoms with van der Waals surface area (Å²) in [4.78, 5) is 12.8. The second-order valence-corrected chi connectivity index (χ2v) is 10.0. The zero-order valence-corrected chi connectivity index (χ0v) is 19.6. The first-order valence-electron chi connectivity index (χ1n) is 9.22. The van der Waals surface area contributed by atoms with Crippen LogP contribution in [-0.2, 0) is 21.4 Å². The molecule has 162 valence electrons. The van der Waals surface area contributed by atoms with Gasteiger partial charge in [-0.05, 0) is 48.9 Å². The van der Waals surface area contributed by atoms with Crippen LogP contribution in [0.2, 0.25) is 15.1 Å². The van der Waals surface area contributed by atoms with E-state index in [-0.39, 0.29) is 11.4 Å². The van der Waals surface area contributed by atoms with Crippen molar-refractivity contribution in [3.05, 3.63) is 92.9 Å². The molecule has 0 fully saturated rings. The second-order valence-electron chi connectivity index (χ2n) is 6.86. The van der Waals surface area contributed by atoms with E-state index in [0.717, 1.165) is 9.87 Å². The lowest BCUT2D eigenvalue weighted by Crippen LogP contribution is -2.37. The van der Waals surface area contributed by atoms with Gasteiger partial charge in [0.05, 0.1) is 32.2 Å². The third-order valence-electron chi connectivity index (χ3n) is 4.47. The fraction of sp³-hybridized carbons (Fsp3) is 0.136. The van der Waals surface area contributed by atoms with Crippen molar-refractivity contribution in [1.29, 1.82) is 0 Å². The number of rotatable bonds is 7. The van der Waals surface area contributed by atoms with Crippen LogP contribution in [0.3, 0.4) is 0 Å². The molecular weight excluding hydrogens is 479 g/mol. The third kappa shape index (κ3) is 5.99. The maximum Gasteiger partial charge on any atom is 0.243 e. The van der Waals surface area contributed by atoms with Crippen molar-refractivity contribution < 1.29 is 13.2 Å². The van der Waals surface area contributed by atoms with Crippen molar-refractivity contribution in [2.75, 3.05) is 11.9 Å². The van der Waals surface area contributed by atoms with Gasteiger partial charge in [-0.1, -0.05) is 70.7 Å². The van der Waals surface area contributed by atoms with Crippen LogP contribution in [0.15, 0.2) is 71.6 Å². The molecular formula is C22H19Cl3N2O3S. The second kappa shape index (κ2) is 10.0. The average molecular weight is 498 g/mol. The van der Waals surface area contributed by atoms with Crippen LogP contribution < -0.4 is 5.32 Å². The Morgan fingerprint density at radius 3 is 2.23 bits per heavy atom. The van der Waals surface area contributed by atoms with Gasteiger partial charge in [0.15, 0.2) is 0 Å². The van der Waals surface area contributed by atoms with Gasteiger partial charge < -0.3 is 5.32 Å². The Labute approximate surface area is 196 Å². The van der Waals surface area contributed by atoms with Crippen molar-refractivity contribution in [2.24, 2.45) is 0 Å². The highest BCUT2D eigenvalue weighted by molar-refractivity contribution is 7.89. The lowest BCUT2D eigenvalue weighted by atomic mass is 10.2. The van der Waals surface area contributed by atoms with E-state index in [9.17, 15) is 13.2 Å². The molecule has 0 saturated heterocycles. The molecule has 0 radical (unpaired) electrons. The van der Waals surface area contributed by atoms with Crippen molar-refractivity contribution in [1.82, 2.24) is 4.31 Å². The molecule has 0 saturated carbocycles. The summed E-state index contributed by atoms with van der Waals surface area (Å²) in [6, 6.07) is 18.0. The number of nitrogens with one attached hydrogen (secondary N) is 1. The van der Waals surface area contributed by atoms with Crippen LogP contribution in [0.1, 0.15) is 11.1 Å². The van der Waals surface area contributed by atoms with E-state index in [4.69, 9.17) is 34.8 Å². The van der Waals surface area contributed by atoms with Gasteiger partial charge in [-0.15, -0.1) is 0 Å². The van der Waals surface area contributed by atoms with Crippen LogP contribution in [0, 0.1) is 6.92 Å². The van der Waals surface area contributed by atoms with E-state index in [1.54, 1.807) is 54.6 Å². The molecule has 0 bridgehead atoms. The third-order valence-corrected chi connectivity index (χ3v) is 7.34. The Morgan fingerprint density at radius 2 is 1.58 bits per heavy atom. The molecule has 31 heavy (non-hydrogen) atoms. The normalized spacial score (nSPS) is 11.5. The number of para-hydroxylation sites is 1. The van der Waals surface area contributed by atoms with Crippen LogP contribution >= 0.6 is 34.8 Å². The van der Waals surface area contributed by atoms with Gasteiger partial charge in [-0.2, -0.15) is 4.31 Å². The summed E-state index contributed by atoms with van der Waals surface area (Å²) in [5, 5.41) is 3.67. The molecule has 0 atom stereocenters. The molecule has 0 aliphatic heterocycles. The Kier molecular flexibility index (Phi) is 7.62. The molecule has 3 aromatic carbocycles. The van der Waals surface area contributed by atoms with Gasteiger partial charge in [-0.3, -0.25) is 4.79 Å². The number of amides is 1. The van der Waals surface area contributed by atoms with Gasteiger partial charge in [-0.25, -0.2) is 8.42 Å². The van der Waals surface area contributed by atoms with Crippen LogP contribution in [0.5, 0.6) is 0 Å². The smallest absolute Gasteiger partial charge is 0.243 e. The van der Waals surface area contributed by atoms with E-state index in [0.29, 0.717) is 26.3 Å². The number of aryl methyl sites for hydroxylation is 1. The maximum absolute atomic E-state index is 13.3.